The zero-order valence-corrected chi connectivity index (χ0v) is 13.4. The van der Waals surface area contributed by atoms with Gasteiger partial charge < -0.3 is 10.4 Å². The Hall–Kier alpha value is -0.360. The number of carbonyl (C=O) groups excluding carboxylic acids is 1. The lowest BCUT2D eigenvalue weighted by Gasteiger charge is -2.28. The van der Waals surface area contributed by atoms with Crippen LogP contribution in [0.2, 0.25) is 0 Å². The van der Waals surface area contributed by atoms with Crippen LogP contribution in [-0.2, 0) is 9.59 Å². The van der Waals surface area contributed by atoms with Crippen LogP contribution in [-0.4, -0.2) is 35.0 Å². The van der Waals surface area contributed by atoms with Crippen molar-refractivity contribution in [2.24, 2.45) is 11.3 Å². The lowest BCUT2D eigenvalue weighted by atomic mass is 9.78. The van der Waals surface area contributed by atoms with Crippen molar-refractivity contribution in [1.82, 2.24) is 5.32 Å². The molecule has 114 valence electrons. The molecule has 0 bridgehead atoms. The fourth-order valence-corrected chi connectivity index (χ4v) is 4.80. The highest BCUT2D eigenvalue weighted by atomic mass is 33.1. The van der Waals surface area contributed by atoms with E-state index in [2.05, 4.69) is 5.32 Å². The van der Waals surface area contributed by atoms with E-state index in [1.807, 2.05) is 0 Å². The predicted octanol–water partition coefficient (Wildman–Crippen LogP) is 2.93. The Morgan fingerprint density at radius 3 is 2.65 bits per heavy atom. The highest BCUT2D eigenvalue weighted by molar-refractivity contribution is 8.76. The molecule has 2 aliphatic rings. The summed E-state index contributed by atoms with van der Waals surface area (Å²) in [5.41, 5.74) is 0.543. The van der Waals surface area contributed by atoms with Crippen LogP contribution in [0.15, 0.2) is 0 Å². The summed E-state index contributed by atoms with van der Waals surface area (Å²) in [7, 11) is 3.20. The maximum Gasteiger partial charge on any atom is 0.304 e. The summed E-state index contributed by atoms with van der Waals surface area (Å²) in [6.07, 6.45) is 7.53. The van der Waals surface area contributed by atoms with Crippen molar-refractivity contribution in [3.8, 4) is 0 Å². The topological polar surface area (TPSA) is 66.4 Å². The Kier molecular flexibility index (Phi) is 6.08. The van der Waals surface area contributed by atoms with Gasteiger partial charge in [0.05, 0.1) is 6.42 Å². The van der Waals surface area contributed by atoms with Crippen molar-refractivity contribution < 1.29 is 14.7 Å². The number of amides is 1. The molecule has 20 heavy (non-hydrogen) atoms. The van der Waals surface area contributed by atoms with Gasteiger partial charge in [0.25, 0.3) is 0 Å². The average molecular weight is 317 g/mol. The van der Waals surface area contributed by atoms with Gasteiger partial charge in [-0.25, -0.2) is 0 Å². The first-order valence-electron chi connectivity index (χ1n) is 7.35. The standard InChI is InChI=1S/C14H23NO3S2/c16-12(17)3-8-19-20-9-7-15-13(18)11-2-1-4-14(10-11)5-6-14/h11H,1-10H2,(H,15,18)(H,16,17). The van der Waals surface area contributed by atoms with E-state index < -0.39 is 5.97 Å². The molecule has 0 aromatic carbocycles. The van der Waals surface area contributed by atoms with Crippen LogP contribution in [0.1, 0.15) is 44.9 Å². The summed E-state index contributed by atoms with van der Waals surface area (Å²) in [5.74, 6) is 1.17. The average Bonchev–Trinajstić information content (AvgIpc) is 3.16. The Bertz CT molecular complexity index is 358. The van der Waals surface area contributed by atoms with Crippen molar-refractivity contribution in [2.45, 2.75) is 44.9 Å². The van der Waals surface area contributed by atoms with Gasteiger partial charge in [-0.1, -0.05) is 28.0 Å². The fourth-order valence-electron chi connectivity index (χ4n) is 2.91. The van der Waals surface area contributed by atoms with Crippen LogP contribution in [0.5, 0.6) is 0 Å². The Labute approximate surface area is 128 Å². The van der Waals surface area contributed by atoms with Crippen molar-refractivity contribution in [3.05, 3.63) is 0 Å². The van der Waals surface area contributed by atoms with Gasteiger partial charge in [0, 0.05) is 24.0 Å². The van der Waals surface area contributed by atoms with Gasteiger partial charge in [-0.3, -0.25) is 9.59 Å². The van der Waals surface area contributed by atoms with Crippen LogP contribution in [0.3, 0.4) is 0 Å². The maximum absolute atomic E-state index is 12.1. The van der Waals surface area contributed by atoms with Crippen molar-refractivity contribution in [3.63, 3.8) is 0 Å². The van der Waals surface area contributed by atoms with Gasteiger partial charge in [0.1, 0.15) is 0 Å². The fraction of sp³-hybridized carbons (Fsp3) is 0.857. The number of hydrogen-bond donors (Lipinski definition) is 2. The molecule has 1 unspecified atom stereocenters. The highest BCUT2D eigenvalue weighted by Gasteiger charge is 2.47. The number of carboxylic acid groups (broad SMARTS) is 1. The normalized spacial score (nSPS) is 23.5. The minimum atomic E-state index is -0.752. The van der Waals surface area contributed by atoms with Gasteiger partial charge in [0.15, 0.2) is 0 Å². The smallest absolute Gasteiger partial charge is 0.304 e. The summed E-state index contributed by atoms with van der Waals surface area (Å²) < 4.78 is 0. The first kappa shape index (κ1) is 16.0. The van der Waals surface area contributed by atoms with Crippen LogP contribution < -0.4 is 5.32 Å². The molecular formula is C14H23NO3S2. The van der Waals surface area contributed by atoms with Gasteiger partial charge >= 0.3 is 5.97 Å². The third-order valence-corrected chi connectivity index (χ3v) is 6.64. The van der Waals surface area contributed by atoms with Gasteiger partial charge in [-0.05, 0) is 37.5 Å². The molecule has 2 fully saturated rings. The molecule has 4 nitrogen and oxygen atoms in total. The van der Waals surface area contributed by atoms with Crippen LogP contribution in [0, 0.1) is 11.3 Å². The van der Waals surface area contributed by atoms with Crippen LogP contribution in [0.25, 0.3) is 0 Å². The van der Waals surface area contributed by atoms with Crippen molar-refractivity contribution >= 4 is 33.5 Å². The zero-order chi connectivity index (χ0) is 14.4. The first-order chi connectivity index (χ1) is 9.61. The summed E-state index contributed by atoms with van der Waals surface area (Å²) >= 11 is 0. The van der Waals surface area contributed by atoms with E-state index in [9.17, 15) is 9.59 Å². The Balaban J connectivity index is 1.51. The third-order valence-electron chi connectivity index (χ3n) is 4.23. The van der Waals surface area contributed by atoms with E-state index in [-0.39, 0.29) is 18.2 Å². The Morgan fingerprint density at radius 1 is 1.20 bits per heavy atom. The Morgan fingerprint density at radius 2 is 1.95 bits per heavy atom. The molecule has 2 saturated carbocycles. The number of aliphatic carboxylic acids is 1. The van der Waals surface area contributed by atoms with E-state index in [1.165, 1.54) is 25.7 Å². The molecule has 0 heterocycles. The molecule has 0 aromatic heterocycles. The number of carbonyl (C=O) groups is 2. The second-order valence-electron chi connectivity index (χ2n) is 5.87. The first-order valence-corrected chi connectivity index (χ1v) is 9.84. The maximum atomic E-state index is 12.1. The van der Waals surface area contributed by atoms with Crippen LogP contribution in [0.4, 0.5) is 0 Å². The molecule has 2 N–H and O–H groups in total. The van der Waals surface area contributed by atoms with E-state index in [0.717, 1.165) is 18.6 Å². The molecule has 0 saturated heterocycles. The van der Waals surface area contributed by atoms with Gasteiger partial charge in [-0.2, -0.15) is 0 Å². The number of hydrogen-bond acceptors (Lipinski definition) is 4. The summed E-state index contributed by atoms with van der Waals surface area (Å²) in [6.45, 7) is 0.688. The van der Waals surface area contributed by atoms with E-state index in [0.29, 0.717) is 17.7 Å². The van der Waals surface area contributed by atoms with Gasteiger partial charge in [-0.15, -0.1) is 0 Å². The largest absolute Gasteiger partial charge is 0.481 e. The lowest BCUT2D eigenvalue weighted by Crippen LogP contribution is -2.35. The second kappa shape index (κ2) is 7.59. The van der Waals surface area contributed by atoms with E-state index >= 15 is 0 Å². The van der Waals surface area contributed by atoms with Crippen molar-refractivity contribution in [1.29, 1.82) is 0 Å². The number of rotatable bonds is 8. The molecule has 0 aromatic rings. The minimum absolute atomic E-state index is 0.203. The molecule has 0 radical (unpaired) electrons. The van der Waals surface area contributed by atoms with Crippen molar-refractivity contribution in [2.75, 3.05) is 18.1 Å². The number of nitrogens with one attached hydrogen (secondary N) is 1. The van der Waals surface area contributed by atoms with E-state index in [4.69, 9.17) is 5.11 Å². The monoisotopic (exact) mass is 317 g/mol. The SMILES string of the molecule is O=C(O)CCSSCCNC(=O)C1CCCC2(CC2)C1. The number of carboxylic acids is 1. The minimum Gasteiger partial charge on any atom is -0.481 e. The molecule has 1 amide bonds. The zero-order valence-electron chi connectivity index (χ0n) is 11.7. The molecule has 2 aliphatic carbocycles. The third kappa shape index (κ3) is 5.20. The molecule has 1 spiro atoms. The summed E-state index contributed by atoms with van der Waals surface area (Å²) in [5, 5.41) is 11.5. The molecule has 1 atom stereocenters. The summed E-state index contributed by atoms with van der Waals surface area (Å²) in [4.78, 5) is 22.4. The molecule has 6 heteroatoms. The van der Waals surface area contributed by atoms with Crippen LogP contribution >= 0.6 is 21.6 Å². The molecule has 0 aliphatic heterocycles. The van der Waals surface area contributed by atoms with Gasteiger partial charge in [0.2, 0.25) is 5.91 Å². The molecule has 2 rings (SSSR count). The quantitative estimate of drug-likeness (QED) is 0.532. The lowest BCUT2D eigenvalue weighted by molar-refractivity contribution is -0.136. The van der Waals surface area contributed by atoms with E-state index in [1.54, 1.807) is 21.6 Å². The summed E-state index contributed by atoms with van der Waals surface area (Å²) in [6, 6.07) is 0. The second-order valence-corrected chi connectivity index (χ2v) is 8.57. The predicted molar refractivity (Wildman–Crippen MR) is 83.8 cm³/mol. The highest BCUT2D eigenvalue weighted by Crippen LogP contribution is 2.57. The molecular weight excluding hydrogens is 294 g/mol.